The van der Waals surface area contributed by atoms with E-state index < -0.39 is 0 Å². The molecule has 1 atom stereocenters. The molecule has 90 valence electrons. The minimum absolute atomic E-state index is 0.549. The number of hydrogen-bond acceptors (Lipinski definition) is 3. The van der Waals surface area contributed by atoms with Gasteiger partial charge in [-0.1, -0.05) is 12.1 Å². The van der Waals surface area contributed by atoms with E-state index in [0.29, 0.717) is 12.1 Å². The van der Waals surface area contributed by atoms with Crippen LogP contribution in [0.4, 0.5) is 0 Å². The first-order valence-electron chi connectivity index (χ1n) is 6.37. The van der Waals surface area contributed by atoms with Crippen molar-refractivity contribution in [2.75, 3.05) is 6.54 Å². The van der Waals surface area contributed by atoms with Crippen molar-refractivity contribution < 1.29 is 0 Å². The van der Waals surface area contributed by atoms with Crippen LogP contribution >= 0.6 is 11.3 Å². The predicted octanol–water partition coefficient (Wildman–Crippen LogP) is 3.84. The first-order chi connectivity index (χ1) is 8.25. The number of likely N-dealkylation sites (tertiary alicyclic amines) is 1. The Hall–Kier alpha value is -0.930. The zero-order valence-electron chi connectivity index (χ0n) is 10.4. The summed E-state index contributed by atoms with van der Waals surface area (Å²) in [6.07, 6.45) is 2.57. The number of benzene rings is 1. The third-order valence-electron chi connectivity index (χ3n) is 3.55. The third kappa shape index (κ3) is 1.98. The molecule has 0 unspecified atom stereocenters. The molecular formula is C14H18N2S. The van der Waals surface area contributed by atoms with Crippen molar-refractivity contribution >= 4 is 21.6 Å². The number of para-hydroxylation sites is 1. The fraction of sp³-hybridized carbons (Fsp3) is 0.500. The maximum absolute atomic E-state index is 4.80. The molecule has 0 saturated carbocycles. The summed E-state index contributed by atoms with van der Waals surface area (Å²) in [6.45, 7) is 5.79. The molecule has 2 aromatic rings. The van der Waals surface area contributed by atoms with E-state index in [9.17, 15) is 0 Å². The van der Waals surface area contributed by atoms with E-state index in [2.05, 4.69) is 43.0 Å². The van der Waals surface area contributed by atoms with Crippen molar-refractivity contribution in [2.45, 2.75) is 38.8 Å². The summed E-state index contributed by atoms with van der Waals surface area (Å²) in [7, 11) is 0. The minimum Gasteiger partial charge on any atom is -0.292 e. The van der Waals surface area contributed by atoms with Gasteiger partial charge in [-0.2, -0.15) is 0 Å². The van der Waals surface area contributed by atoms with Crippen molar-refractivity contribution in [1.29, 1.82) is 0 Å². The fourth-order valence-electron chi connectivity index (χ4n) is 2.70. The highest BCUT2D eigenvalue weighted by Gasteiger charge is 2.30. The molecule has 3 heteroatoms. The van der Waals surface area contributed by atoms with Crippen molar-refractivity contribution in [3.05, 3.63) is 29.3 Å². The van der Waals surface area contributed by atoms with Gasteiger partial charge in [0.15, 0.2) is 0 Å². The first-order valence-corrected chi connectivity index (χ1v) is 7.18. The molecule has 0 amide bonds. The summed E-state index contributed by atoms with van der Waals surface area (Å²) in [6, 6.07) is 9.62. The monoisotopic (exact) mass is 246 g/mol. The number of nitrogens with zero attached hydrogens (tertiary/aromatic N) is 2. The van der Waals surface area contributed by atoms with Crippen LogP contribution in [0.15, 0.2) is 24.3 Å². The van der Waals surface area contributed by atoms with Crippen LogP contribution in [0.5, 0.6) is 0 Å². The SMILES string of the molecule is CC(C)N1CCC[C@H]1c1nc2ccccc2s1. The lowest BCUT2D eigenvalue weighted by Crippen LogP contribution is -2.30. The van der Waals surface area contributed by atoms with Gasteiger partial charge < -0.3 is 0 Å². The number of fused-ring (bicyclic) bond motifs is 1. The maximum Gasteiger partial charge on any atom is 0.111 e. The Morgan fingerprint density at radius 2 is 2.18 bits per heavy atom. The minimum atomic E-state index is 0.549. The smallest absolute Gasteiger partial charge is 0.111 e. The lowest BCUT2D eigenvalue weighted by atomic mass is 10.2. The highest BCUT2D eigenvalue weighted by molar-refractivity contribution is 7.18. The summed E-state index contributed by atoms with van der Waals surface area (Å²) in [4.78, 5) is 7.39. The molecule has 3 rings (SSSR count). The molecule has 0 radical (unpaired) electrons. The van der Waals surface area contributed by atoms with Crippen molar-refractivity contribution in [3.63, 3.8) is 0 Å². The molecule has 1 aromatic heterocycles. The molecule has 1 aromatic carbocycles. The molecule has 0 aliphatic carbocycles. The maximum atomic E-state index is 4.80. The number of rotatable bonds is 2. The Kier molecular flexibility index (Phi) is 2.89. The highest BCUT2D eigenvalue weighted by Crippen LogP contribution is 2.37. The average Bonchev–Trinajstić information content (AvgIpc) is 2.95. The first kappa shape index (κ1) is 11.2. The second kappa shape index (κ2) is 4.39. The molecule has 1 aliphatic rings. The van der Waals surface area contributed by atoms with Gasteiger partial charge in [0.05, 0.1) is 16.3 Å². The molecule has 2 nitrogen and oxygen atoms in total. The second-order valence-electron chi connectivity index (χ2n) is 5.01. The van der Waals surface area contributed by atoms with Gasteiger partial charge in [0, 0.05) is 6.04 Å². The van der Waals surface area contributed by atoms with Crippen LogP contribution in [0, 0.1) is 0 Å². The topological polar surface area (TPSA) is 16.1 Å². The molecule has 17 heavy (non-hydrogen) atoms. The van der Waals surface area contributed by atoms with Gasteiger partial charge in [-0.25, -0.2) is 4.98 Å². The zero-order valence-corrected chi connectivity index (χ0v) is 11.2. The van der Waals surface area contributed by atoms with Crippen LogP contribution in [-0.2, 0) is 0 Å². The van der Waals surface area contributed by atoms with Crippen molar-refractivity contribution in [3.8, 4) is 0 Å². The highest BCUT2D eigenvalue weighted by atomic mass is 32.1. The largest absolute Gasteiger partial charge is 0.292 e. The van der Waals surface area contributed by atoms with E-state index in [0.717, 1.165) is 5.52 Å². The van der Waals surface area contributed by atoms with Crippen LogP contribution < -0.4 is 0 Å². The number of aromatic nitrogens is 1. The van der Waals surface area contributed by atoms with E-state index in [1.165, 1.54) is 29.1 Å². The quantitative estimate of drug-likeness (QED) is 0.800. The summed E-state index contributed by atoms with van der Waals surface area (Å²) in [5.41, 5.74) is 1.16. The van der Waals surface area contributed by atoms with Gasteiger partial charge in [-0.3, -0.25) is 4.90 Å². The molecular weight excluding hydrogens is 228 g/mol. The molecule has 0 spiro atoms. The Bertz CT molecular complexity index is 485. The van der Waals surface area contributed by atoms with E-state index in [4.69, 9.17) is 4.98 Å². The number of thiazole rings is 1. The molecule has 1 saturated heterocycles. The van der Waals surface area contributed by atoms with E-state index >= 15 is 0 Å². The summed E-state index contributed by atoms with van der Waals surface area (Å²) < 4.78 is 1.32. The molecule has 1 aliphatic heterocycles. The van der Waals surface area contributed by atoms with Crippen LogP contribution in [0.2, 0.25) is 0 Å². The molecule has 1 fully saturated rings. The summed E-state index contributed by atoms with van der Waals surface area (Å²) in [5, 5.41) is 1.30. The Balaban J connectivity index is 1.97. The molecule has 2 heterocycles. The van der Waals surface area contributed by atoms with E-state index in [-0.39, 0.29) is 0 Å². The van der Waals surface area contributed by atoms with Crippen molar-refractivity contribution in [2.24, 2.45) is 0 Å². The van der Waals surface area contributed by atoms with Gasteiger partial charge in [-0.05, 0) is 45.4 Å². The standard InChI is InChI=1S/C14H18N2S/c1-10(2)16-9-5-7-12(16)14-15-11-6-3-4-8-13(11)17-14/h3-4,6,8,10,12H,5,7,9H2,1-2H3/t12-/m0/s1. The van der Waals surface area contributed by atoms with Crippen LogP contribution in [0.1, 0.15) is 37.7 Å². The predicted molar refractivity (Wildman–Crippen MR) is 73.4 cm³/mol. The van der Waals surface area contributed by atoms with Gasteiger partial charge in [-0.15, -0.1) is 11.3 Å². The molecule has 0 N–H and O–H groups in total. The van der Waals surface area contributed by atoms with Gasteiger partial charge in [0.25, 0.3) is 0 Å². The van der Waals surface area contributed by atoms with Crippen molar-refractivity contribution in [1.82, 2.24) is 9.88 Å². The summed E-state index contributed by atoms with van der Waals surface area (Å²) in [5.74, 6) is 0. The lowest BCUT2D eigenvalue weighted by Gasteiger charge is -2.26. The van der Waals surface area contributed by atoms with Gasteiger partial charge in [0.1, 0.15) is 5.01 Å². The Morgan fingerprint density at radius 3 is 2.94 bits per heavy atom. The van der Waals surface area contributed by atoms with Gasteiger partial charge >= 0.3 is 0 Å². The Labute approximate surface area is 106 Å². The van der Waals surface area contributed by atoms with E-state index in [1.54, 1.807) is 0 Å². The Morgan fingerprint density at radius 1 is 1.35 bits per heavy atom. The summed E-state index contributed by atoms with van der Waals surface area (Å²) >= 11 is 1.86. The normalized spacial score (nSPS) is 21.7. The lowest BCUT2D eigenvalue weighted by molar-refractivity contribution is 0.205. The third-order valence-corrected chi connectivity index (χ3v) is 4.69. The van der Waals surface area contributed by atoms with Crippen LogP contribution in [-0.4, -0.2) is 22.5 Å². The molecule has 0 bridgehead atoms. The number of hydrogen-bond donors (Lipinski definition) is 0. The van der Waals surface area contributed by atoms with E-state index in [1.807, 2.05) is 11.3 Å². The fourth-order valence-corrected chi connectivity index (χ4v) is 3.83. The average molecular weight is 246 g/mol. The second-order valence-corrected chi connectivity index (χ2v) is 6.07. The van der Waals surface area contributed by atoms with Crippen LogP contribution in [0.3, 0.4) is 0 Å². The zero-order chi connectivity index (χ0) is 11.8. The van der Waals surface area contributed by atoms with Gasteiger partial charge in [0.2, 0.25) is 0 Å². The van der Waals surface area contributed by atoms with Crippen LogP contribution in [0.25, 0.3) is 10.2 Å².